The van der Waals surface area contributed by atoms with Crippen molar-refractivity contribution in [2.24, 2.45) is 0 Å². The van der Waals surface area contributed by atoms with Gasteiger partial charge < -0.3 is 0 Å². The third kappa shape index (κ3) is 4.29. The van der Waals surface area contributed by atoms with E-state index in [1.165, 1.54) is 38.9 Å². The molecule has 0 spiro atoms. The molecule has 2 atom stereocenters. The van der Waals surface area contributed by atoms with E-state index in [1.807, 2.05) is 30.3 Å². The molecule has 0 aliphatic heterocycles. The maximum atomic E-state index is 5.53. The minimum atomic E-state index is -1.90. The molecule has 2 unspecified atom stereocenters. The van der Waals surface area contributed by atoms with Gasteiger partial charge in [0.2, 0.25) is 0 Å². The van der Waals surface area contributed by atoms with Gasteiger partial charge in [0.05, 0.1) is 0 Å². The molecule has 2 aliphatic rings. The van der Waals surface area contributed by atoms with Crippen LogP contribution in [0.2, 0.25) is 0 Å². The molecule has 0 saturated carbocycles. The Morgan fingerprint density at radius 1 is 0.733 bits per heavy atom. The van der Waals surface area contributed by atoms with Gasteiger partial charge in [-0.15, -0.1) is 11.6 Å². The second-order valence-corrected chi connectivity index (χ2v) is 14.2. The Morgan fingerprint density at radius 3 is 1.67 bits per heavy atom. The second kappa shape index (κ2) is 9.55. The van der Waals surface area contributed by atoms with E-state index in [9.17, 15) is 0 Å². The Morgan fingerprint density at radius 2 is 1.23 bits per heavy atom. The van der Waals surface area contributed by atoms with Crippen LogP contribution in [0.15, 0.2) is 78.9 Å². The Hall–Kier alpha value is -1.82. The standard InChI is InChI=1S/2C10H9.C7H7Cl.CH2.Zr/c2*1-8-4-2-5-9-6-3-7-10(8)9;8-6-7-4-2-1-3-5-7;;/h2*2-7H,1H3;1-5H,6H2;1H2;. The van der Waals surface area contributed by atoms with Gasteiger partial charge in [0.15, 0.2) is 0 Å². The first kappa shape index (κ1) is 21.4. The van der Waals surface area contributed by atoms with E-state index >= 15 is 0 Å². The molecule has 30 heavy (non-hydrogen) atoms. The van der Waals surface area contributed by atoms with Gasteiger partial charge in [-0.3, -0.25) is 0 Å². The zero-order valence-electron chi connectivity index (χ0n) is 17.6. The molecule has 2 aliphatic carbocycles. The van der Waals surface area contributed by atoms with Crippen LogP contribution in [0.4, 0.5) is 0 Å². The first-order valence-corrected chi connectivity index (χ1v) is 15.5. The van der Waals surface area contributed by atoms with Crippen molar-refractivity contribution in [2.45, 2.75) is 27.0 Å². The summed E-state index contributed by atoms with van der Waals surface area (Å²) in [6.45, 7) is 4.43. The van der Waals surface area contributed by atoms with Crippen molar-refractivity contribution in [2.75, 3.05) is 0 Å². The number of aryl methyl sites for hydroxylation is 2. The SMILES string of the molecule is ClCc1ccccc1.[CH2]=[Zr]([CH]1C=Cc2c(C)cccc21)[CH]1C=Cc2c(C)cccc21. The predicted molar refractivity (Wildman–Crippen MR) is 129 cm³/mol. The molecule has 0 aromatic heterocycles. The summed E-state index contributed by atoms with van der Waals surface area (Å²) in [6.07, 6.45) is 9.52. The summed E-state index contributed by atoms with van der Waals surface area (Å²) >= 11 is 3.62. The molecule has 3 aromatic carbocycles. The average molecular weight is 490 g/mol. The van der Waals surface area contributed by atoms with Crippen LogP contribution >= 0.6 is 11.6 Å². The van der Waals surface area contributed by atoms with E-state index in [0.29, 0.717) is 13.1 Å². The number of rotatable bonds is 3. The molecule has 0 heterocycles. The van der Waals surface area contributed by atoms with Crippen LogP contribution in [-0.4, -0.2) is 4.21 Å². The normalized spacial score (nSPS) is 17.8. The summed E-state index contributed by atoms with van der Waals surface area (Å²) < 4.78 is 5.97. The van der Waals surface area contributed by atoms with Gasteiger partial charge >= 0.3 is 141 Å². The third-order valence-electron chi connectivity index (χ3n) is 6.09. The Bertz CT molecular complexity index is 1060. The molecule has 150 valence electrons. The summed E-state index contributed by atoms with van der Waals surface area (Å²) in [5.41, 5.74) is 9.91. The number of benzene rings is 3. The molecular formula is C28H27ClZr. The number of fused-ring (bicyclic) bond motifs is 2. The predicted octanol–water partition coefficient (Wildman–Crippen LogP) is 7.62. The number of halogens is 1. The zero-order chi connectivity index (χ0) is 21.1. The van der Waals surface area contributed by atoms with Gasteiger partial charge in [0.25, 0.3) is 0 Å². The van der Waals surface area contributed by atoms with Crippen LogP contribution < -0.4 is 0 Å². The van der Waals surface area contributed by atoms with Crippen molar-refractivity contribution < 1.29 is 21.3 Å². The number of hydrogen-bond donors (Lipinski definition) is 0. The van der Waals surface area contributed by atoms with Crippen LogP contribution in [0.3, 0.4) is 0 Å². The van der Waals surface area contributed by atoms with Crippen molar-refractivity contribution in [3.05, 3.63) is 118 Å². The molecular weight excluding hydrogens is 463 g/mol. The van der Waals surface area contributed by atoms with Crippen LogP contribution in [-0.2, 0) is 27.1 Å². The van der Waals surface area contributed by atoms with Gasteiger partial charge in [0.1, 0.15) is 0 Å². The molecule has 0 amide bonds. The maximum absolute atomic E-state index is 5.53. The second-order valence-electron chi connectivity index (χ2n) is 8.02. The van der Waals surface area contributed by atoms with Crippen LogP contribution in [0, 0.1) is 13.8 Å². The fourth-order valence-corrected chi connectivity index (χ4v) is 10.4. The quantitative estimate of drug-likeness (QED) is 0.332. The van der Waals surface area contributed by atoms with Crippen molar-refractivity contribution >= 4 is 28.0 Å². The van der Waals surface area contributed by atoms with E-state index in [4.69, 9.17) is 15.8 Å². The van der Waals surface area contributed by atoms with Crippen LogP contribution in [0.5, 0.6) is 0 Å². The number of alkyl halides is 1. The molecule has 0 fully saturated rings. The molecule has 0 nitrogen and oxygen atoms in total. The first-order valence-electron chi connectivity index (χ1n) is 10.4. The Balaban J connectivity index is 0.000000230. The minimum absolute atomic E-state index is 0.610. The van der Waals surface area contributed by atoms with Crippen molar-refractivity contribution in [3.8, 4) is 0 Å². The van der Waals surface area contributed by atoms with Gasteiger partial charge in [-0.2, -0.15) is 0 Å². The zero-order valence-corrected chi connectivity index (χ0v) is 20.8. The monoisotopic (exact) mass is 488 g/mol. The number of allylic oxidation sites excluding steroid dienone is 2. The van der Waals surface area contributed by atoms with Gasteiger partial charge in [-0.05, 0) is 5.56 Å². The summed E-state index contributed by atoms with van der Waals surface area (Å²) in [5, 5.41) is 0. The van der Waals surface area contributed by atoms with Crippen molar-refractivity contribution in [3.63, 3.8) is 0 Å². The van der Waals surface area contributed by atoms with Crippen molar-refractivity contribution in [1.29, 1.82) is 0 Å². The van der Waals surface area contributed by atoms with E-state index in [-0.39, 0.29) is 0 Å². The van der Waals surface area contributed by atoms with E-state index in [0.717, 1.165) is 0 Å². The summed E-state index contributed by atoms with van der Waals surface area (Å²) in [7, 11) is 0. The molecule has 0 N–H and O–H groups in total. The fraction of sp³-hybridized carbons (Fsp3) is 0.179. The molecule has 0 radical (unpaired) electrons. The van der Waals surface area contributed by atoms with Crippen LogP contribution in [0.25, 0.3) is 12.2 Å². The third-order valence-corrected chi connectivity index (χ3v) is 12.8. The molecule has 2 heteroatoms. The van der Waals surface area contributed by atoms with Gasteiger partial charge in [-0.1, -0.05) is 30.3 Å². The molecule has 0 saturated heterocycles. The summed E-state index contributed by atoms with van der Waals surface area (Å²) in [4.78, 5) is 0. The van der Waals surface area contributed by atoms with E-state index < -0.39 is 21.3 Å². The van der Waals surface area contributed by atoms with Crippen molar-refractivity contribution in [1.82, 2.24) is 0 Å². The van der Waals surface area contributed by atoms with Crippen LogP contribution in [0.1, 0.15) is 46.2 Å². The molecule has 3 aromatic rings. The van der Waals surface area contributed by atoms with E-state index in [1.54, 1.807) is 0 Å². The first-order chi connectivity index (χ1) is 14.6. The molecule has 5 rings (SSSR count). The van der Waals surface area contributed by atoms with E-state index in [2.05, 4.69) is 74.5 Å². The fourth-order valence-electron chi connectivity index (χ4n) is 4.40. The Labute approximate surface area is 193 Å². The molecule has 0 bridgehead atoms. The summed E-state index contributed by atoms with van der Waals surface area (Å²) in [5.74, 6) is 0.612. The average Bonchev–Trinajstić information content (AvgIpc) is 3.40. The van der Waals surface area contributed by atoms with Gasteiger partial charge in [-0.25, -0.2) is 0 Å². The number of hydrogen-bond acceptors (Lipinski definition) is 0. The topological polar surface area (TPSA) is 0 Å². The summed E-state index contributed by atoms with van der Waals surface area (Å²) in [6, 6.07) is 23.4. The van der Waals surface area contributed by atoms with Gasteiger partial charge in [0, 0.05) is 5.88 Å². The Kier molecular flexibility index (Phi) is 6.81.